The molecule has 0 spiro atoms. The Bertz CT molecular complexity index is 1210. The molecule has 5 rings (SSSR count). The smallest absolute Gasteiger partial charge is 0.417 e. The van der Waals surface area contributed by atoms with Gasteiger partial charge in [0.25, 0.3) is 0 Å². The second-order valence-electron chi connectivity index (χ2n) is 9.12. The summed E-state index contributed by atoms with van der Waals surface area (Å²) in [6.07, 6.45) is -2.38. The van der Waals surface area contributed by atoms with E-state index in [1.165, 1.54) is 12.1 Å². The quantitative estimate of drug-likeness (QED) is 0.390. The minimum absolute atomic E-state index is 0.213. The van der Waals surface area contributed by atoms with Gasteiger partial charge in [0.15, 0.2) is 5.60 Å². The normalized spacial score (nSPS) is 27.5. The third kappa shape index (κ3) is 3.38. The van der Waals surface area contributed by atoms with Crippen LogP contribution < -0.4 is 4.74 Å². The van der Waals surface area contributed by atoms with Crippen molar-refractivity contribution < 1.29 is 27.4 Å². The van der Waals surface area contributed by atoms with Gasteiger partial charge in [0.2, 0.25) is 0 Å². The number of nitrogens with zero attached hydrogens (tertiary/aromatic N) is 2. The molecule has 0 radical (unpaired) electrons. The van der Waals surface area contributed by atoms with Gasteiger partial charge in [0.1, 0.15) is 11.6 Å². The van der Waals surface area contributed by atoms with E-state index in [4.69, 9.17) is 4.74 Å². The van der Waals surface area contributed by atoms with Crippen LogP contribution in [0.1, 0.15) is 44.6 Å². The standard InChI is InChI=1S/C24H23BrF4N2O2/c1-2-22-8-9-23(32,24(27,28)29)12-15(22)7-10-33-21-18(22)11-14-13-30-31(20(14)19(21)25)17-5-3-16(26)4-6-17/h3-6,11,13,15,32H,2,7-10,12H2,1H3/t15-,22-,23-/m0/s1. The van der Waals surface area contributed by atoms with Gasteiger partial charge >= 0.3 is 6.18 Å². The maximum Gasteiger partial charge on any atom is 0.417 e. The molecule has 3 atom stereocenters. The molecule has 2 aliphatic rings. The summed E-state index contributed by atoms with van der Waals surface area (Å²) in [4.78, 5) is 0. The lowest BCUT2D eigenvalue weighted by molar-refractivity contribution is -0.279. The number of hydrogen-bond donors (Lipinski definition) is 1. The molecule has 1 saturated carbocycles. The van der Waals surface area contributed by atoms with Crippen molar-refractivity contribution in [1.82, 2.24) is 9.78 Å². The lowest BCUT2D eigenvalue weighted by atomic mass is 9.57. The Morgan fingerprint density at radius 3 is 2.64 bits per heavy atom. The van der Waals surface area contributed by atoms with Crippen LogP contribution in [0.25, 0.3) is 16.6 Å². The van der Waals surface area contributed by atoms with E-state index in [-0.39, 0.29) is 37.6 Å². The molecule has 1 aliphatic heterocycles. The van der Waals surface area contributed by atoms with E-state index in [0.29, 0.717) is 28.8 Å². The highest BCUT2D eigenvalue weighted by Crippen LogP contribution is 2.58. The van der Waals surface area contributed by atoms with Crippen molar-refractivity contribution >= 4 is 26.8 Å². The maximum absolute atomic E-state index is 13.6. The van der Waals surface area contributed by atoms with Gasteiger partial charge in [0.05, 0.1) is 28.5 Å². The van der Waals surface area contributed by atoms with Crippen molar-refractivity contribution in [3.8, 4) is 11.4 Å². The second-order valence-corrected chi connectivity index (χ2v) is 9.91. The van der Waals surface area contributed by atoms with Crippen molar-refractivity contribution in [2.24, 2.45) is 5.92 Å². The molecule has 1 fully saturated rings. The molecular formula is C24H23BrF4N2O2. The monoisotopic (exact) mass is 526 g/mol. The number of aliphatic hydroxyl groups is 1. The summed E-state index contributed by atoms with van der Waals surface area (Å²) in [5.41, 5.74) is -0.938. The van der Waals surface area contributed by atoms with Crippen molar-refractivity contribution in [2.75, 3.05) is 6.61 Å². The van der Waals surface area contributed by atoms with Crippen LogP contribution in [0.2, 0.25) is 0 Å². The number of hydrogen-bond acceptors (Lipinski definition) is 3. The highest BCUT2D eigenvalue weighted by Gasteiger charge is 2.61. The van der Waals surface area contributed by atoms with E-state index in [0.717, 1.165) is 16.5 Å². The largest absolute Gasteiger partial charge is 0.492 e. The molecule has 0 saturated heterocycles. The fourth-order valence-corrected chi connectivity index (χ4v) is 6.44. The van der Waals surface area contributed by atoms with E-state index in [1.807, 2.05) is 13.0 Å². The van der Waals surface area contributed by atoms with Crippen LogP contribution in [0.3, 0.4) is 0 Å². The zero-order chi connectivity index (χ0) is 23.6. The fourth-order valence-electron chi connectivity index (χ4n) is 5.71. The van der Waals surface area contributed by atoms with E-state index in [1.54, 1.807) is 23.0 Å². The zero-order valence-electron chi connectivity index (χ0n) is 17.9. The van der Waals surface area contributed by atoms with Gasteiger partial charge in [-0.2, -0.15) is 18.3 Å². The first-order chi connectivity index (χ1) is 15.6. The van der Waals surface area contributed by atoms with E-state index < -0.39 is 17.2 Å². The third-order valence-electron chi connectivity index (χ3n) is 7.58. The molecule has 0 bridgehead atoms. The van der Waals surface area contributed by atoms with Crippen molar-refractivity contribution in [3.63, 3.8) is 0 Å². The van der Waals surface area contributed by atoms with Gasteiger partial charge in [-0.15, -0.1) is 0 Å². The van der Waals surface area contributed by atoms with Crippen LogP contribution in [-0.2, 0) is 5.41 Å². The molecule has 2 heterocycles. The first-order valence-corrected chi connectivity index (χ1v) is 11.8. The lowest BCUT2D eigenvalue weighted by Crippen LogP contribution is -2.54. The van der Waals surface area contributed by atoms with Gasteiger partial charge in [-0.3, -0.25) is 0 Å². The van der Waals surface area contributed by atoms with Crippen LogP contribution in [0.5, 0.6) is 5.75 Å². The summed E-state index contributed by atoms with van der Waals surface area (Å²) < 4.78 is 62.8. The number of rotatable bonds is 2. The van der Waals surface area contributed by atoms with Crippen LogP contribution >= 0.6 is 15.9 Å². The minimum atomic E-state index is -4.66. The Hall–Kier alpha value is -2.13. The number of halogens is 5. The van der Waals surface area contributed by atoms with Gasteiger partial charge in [-0.25, -0.2) is 9.07 Å². The third-order valence-corrected chi connectivity index (χ3v) is 8.31. The molecule has 2 aromatic carbocycles. The highest BCUT2D eigenvalue weighted by atomic mass is 79.9. The first-order valence-electron chi connectivity index (χ1n) is 11.0. The summed E-state index contributed by atoms with van der Waals surface area (Å²) >= 11 is 3.68. The Kier molecular flexibility index (Phi) is 5.28. The van der Waals surface area contributed by atoms with E-state index in [2.05, 4.69) is 21.0 Å². The molecular weight excluding hydrogens is 504 g/mol. The molecule has 1 N–H and O–H groups in total. The van der Waals surface area contributed by atoms with Gasteiger partial charge in [-0.1, -0.05) is 6.92 Å². The highest BCUT2D eigenvalue weighted by molar-refractivity contribution is 9.10. The van der Waals surface area contributed by atoms with Crippen LogP contribution in [0.15, 0.2) is 41.0 Å². The van der Waals surface area contributed by atoms with Gasteiger partial charge < -0.3 is 9.84 Å². The predicted molar refractivity (Wildman–Crippen MR) is 119 cm³/mol. The fraction of sp³-hybridized carbons (Fsp3) is 0.458. The SMILES string of the molecule is CC[C@]12CC[C@@](O)(C(F)(F)F)C[C@@H]1CCOc1c2cc2cnn(-c3ccc(F)cc3)c2c1Br. The topological polar surface area (TPSA) is 47.3 Å². The lowest BCUT2D eigenvalue weighted by Gasteiger charge is -2.49. The van der Waals surface area contributed by atoms with E-state index in [9.17, 15) is 22.7 Å². The second kappa shape index (κ2) is 7.70. The maximum atomic E-state index is 13.6. The summed E-state index contributed by atoms with van der Waals surface area (Å²) in [5, 5.41) is 15.7. The van der Waals surface area contributed by atoms with Crippen LogP contribution in [-0.4, -0.2) is 33.3 Å². The predicted octanol–water partition coefficient (Wildman–Crippen LogP) is 6.45. The molecule has 0 unspecified atom stereocenters. The molecule has 0 amide bonds. The van der Waals surface area contributed by atoms with Crippen molar-refractivity contribution in [3.05, 3.63) is 52.4 Å². The summed E-state index contributed by atoms with van der Waals surface area (Å²) in [5.74, 6) is -0.118. The van der Waals surface area contributed by atoms with E-state index >= 15 is 0 Å². The molecule has 3 aromatic rings. The molecule has 176 valence electrons. The Labute approximate surface area is 196 Å². The molecule has 4 nitrogen and oxygen atoms in total. The van der Waals surface area contributed by atoms with Crippen LogP contribution in [0.4, 0.5) is 17.6 Å². The Balaban J connectivity index is 1.66. The first kappa shape index (κ1) is 22.7. The van der Waals surface area contributed by atoms with Gasteiger partial charge in [-0.05, 0) is 84.3 Å². The Morgan fingerprint density at radius 2 is 1.97 bits per heavy atom. The summed E-state index contributed by atoms with van der Waals surface area (Å²) in [7, 11) is 0. The number of aromatic nitrogens is 2. The average Bonchev–Trinajstić information content (AvgIpc) is 3.12. The average molecular weight is 527 g/mol. The Morgan fingerprint density at radius 1 is 1.24 bits per heavy atom. The molecule has 1 aromatic heterocycles. The minimum Gasteiger partial charge on any atom is -0.492 e. The number of alkyl halides is 3. The molecule has 1 aliphatic carbocycles. The number of fused-ring (bicyclic) bond motifs is 4. The summed E-state index contributed by atoms with van der Waals surface area (Å²) in [6, 6.07) is 7.93. The van der Waals surface area contributed by atoms with Crippen molar-refractivity contribution in [1.29, 1.82) is 0 Å². The molecule has 33 heavy (non-hydrogen) atoms. The summed E-state index contributed by atoms with van der Waals surface area (Å²) in [6.45, 7) is 2.24. The number of benzene rings is 2. The van der Waals surface area contributed by atoms with Crippen LogP contribution in [0, 0.1) is 11.7 Å². The van der Waals surface area contributed by atoms with Crippen molar-refractivity contribution in [2.45, 2.75) is 56.2 Å². The number of ether oxygens (including phenoxy) is 1. The van der Waals surface area contributed by atoms with Gasteiger partial charge in [0, 0.05) is 16.4 Å². The molecule has 9 heteroatoms. The zero-order valence-corrected chi connectivity index (χ0v) is 19.5.